The van der Waals surface area contributed by atoms with Gasteiger partial charge in [-0.1, -0.05) is 11.6 Å². The molecule has 16 heavy (non-hydrogen) atoms. The summed E-state index contributed by atoms with van der Waals surface area (Å²) in [7, 11) is -1.53. The molecule has 8 heteroatoms. The number of nitrogens with one attached hydrogen (secondary N) is 1. The first kappa shape index (κ1) is 13.4. The SMILES string of the molecule is CC(C(NN)c1c(Cl)cnn1C)S(C)(=O)=O. The van der Waals surface area contributed by atoms with Crippen molar-refractivity contribution < 1.29 is 8.42 Å². The van der Waals surface area contributed by atoms with E-state index in [1.54, 1.807) is 14.0 Å². The lowest BCUT2D eigenvalue weighted by atomic mass is 10.1. The lowest BCUT2D eigenvalue weighted by Crippen LogP contribution is -2.40. The molecule has 0 saturated heterocycles. The predicted octanol–water partition coefficient (Wildman–Crippen LogP) is 0.0110. The van der Waals surface area contributed by atoms with Gasteiger partial charge < -0.3 is 0 Å². The van der Waals surface area contributed by atoms with Crippen LogP contribution in [0.4, 0.5) is 0 Å². The molecule has 0 radical (unpaired) electrons. The summed E-state index contributed by atoms with van der Waals surface area (Å²) in [6, 6.07) is -0.588. The Labute approximate surface area is 99.7 Å². The first-order chi connectivity index (χ1) is 7.29. The number of aromatic nitrogens is 2. The molecule has 0 aliphatic carbocycles. The summed E-state index contributed by atoms with van der Waals surface area (Å²) in [4.78, 5) is 0. The number of rotatable bonds is 4. The van der Waals surface area contributed by atoms with Gasteiger partial charge in [0.25, 0.3) is 0 Å². The maximum absolute atomic E-state index is 11.5. The minimum atomic E-state index is -3.22. The fourth-order valence-corrected chi connectivity index (χ4v) is 2.44. The van der Waals surface area contributed by atoms with Crippen LogP contribution in [0.25, 0.3) is 0 Å². The summed E-state index contributed by atoms with van der Waals surface area (Å²) in [5.41, 5.74) is 3.03. The first-order valence-electron chi connectivity index (χ1n) is 4.61. The van der Waals surface area contributed by atoms with E-state index < -0.39 is 21.1 Å². The van der Waals surface area contributed by atoms with Crippen molar-refractivity contribution in [3.05, 3.63) is 16.9 Å². The predicted molar refractivity (Wildman–Crippen MR) is 62.6 cm³/mol. The smallest absolute Gasteiger partial charge is 0.152 e. The molecule has 0 bridgehead atoms. The normalized spacial score (nSPS) is 16.1. The average Bonchev–Trinajstić information content (AvgIpc) is 2.49. The molecule has 1 rings (SSSR count). The van der Waals surface area contributed by atoms with Gasteiger partial charge in [0.2, 0.25) is 0 Å². The minimum absolute atomic E-state index is 0.390. The van der Waals surface area contributed by atoms with Gasteiger partial charge in [-0.3, -0.25) is 16.0 Å². The van der Waals surface area contributed by atoms with E-state index in [1.807, 2.05) is 0 Å². The summed E-state index contributed by atoms with van der Waals surface area (Å²) in [6.45, 7) is 1.57. The number of sulfone groups is 1. The van der Waals surface area contributed by atoms with Gasteiger partial charge in [0.1, 0.15) is 0 Å². The van der Waals surface area contributed by atoms with Crippen LogP contribution in [0.3, 0.4) is 0 Å². The van der Waals surface area contributed by atoms with E-state index in [0.29, 0.717) is 10.7 Å². The van der Waals surface area contributed by atoms with Crippen LogP contribution in [0.2, 0.25) is 5.02 Å². The van der Waals surface area contributed by atoms with Gasteiger partial charge >= 0.3 is 0 Å². The van der Waals surface area contributed by atoms with Gasteiger partial charge in [-0.05, 0) is 6.92 Å². The van der Waals surface area contributed by atoms with Crippen LogP contribution in [0.5, 0.6) is 0 Å². The molecule has 0 aliphatic heterocycles. The Morgan fingerprint density at radius 1 is 1.62 bits per heavy atom. The monoisotopic (exact) mass is 266 g/mol. The molecule has 0 aliphatic rings. The summed E-state index contributed by atoms with van der Waals surface area (Å²) < 4.78 is 24.5. The van der Waals surface area contributed by atoms with Gasteiger partial charge in [-0.15, -0.1) is 0 Å². The van der Waals surface area contributed by atoms with E-state index in [0.717, 1.165) is 6.26 Å². The average molecular weight is 267 g/mol. The fourth-order valence-electron chi connectivity index (χ4n) is 1.45. The van der Waals surface area contributed by atoms with Gasteiger partial charge in [0, 0.05) is 13.3 Å². The van der Waals surface area contributed by atoms with Crippen molar-refractivity contribution >= 4 is 21.4 Å². The van der Waals surface area contributed by atoms with Crippen molar-refractivity contribution in [3.8, 4) is 0 Å². The van der Waals surface area contributed by atoms with E-state index >= 15 is 0 Å². The van der Waals surface area contributed by atoms with Gasteiger partial charge in [0.05, 0.1) is 28.2 Å². The van der Waals surface area contributed by atoms with E-state index in [2.05, 4.69) is 10.5 Å². The second kappa shape index (κ2) is 4.70. The minimum Gasteiger partial charge on any atom is -0.271 e. The van der Waals surface area contributed by atoms with Crippen LogP contribution in [0, 0.1) is 0 Å². The molecule has 6 nitrogen and oxygen atoms in total. The third kappa shape index (κ3) is 2.54. The fraction of sp³-hybridized carbons (Fsp3) is 0.625. The number of nitrogens with zero attached hydrogens (tertiary/aromatic N) is 2. The molecule has 0 fully saturated rings. The standard InChI is InChI=1S/C8H15ClN4O2S/c1-5(16(3,14)15)7(12-10)8-6(9)4-11-13(8)2/h4-5,7,12H,10H2,1-3H3. The Morgan fingerprint density at radius 3 is 2.50 bits per heavy atom. The molecule has 3 N–H and O–H groups in total. The quantitative estimate of drug-likeness (QED) is 0.592. The Balaban J connectivity index is 3.19. The molecule has 0 amide bonds. The molecular formula is C8H15ClN4O2S. The summed E-state index contributed by atoms with van der Waals surface area (Å²) in [6.07, 6.45) is 2.61. The molecule has 0 spiro atoms. The lowest BCUT2D eigenvalue weighted by Gasteiger charge is -2.22. The maximum atomic E-state index is 11.5. The van der Waals surface area contributed by atoms with Crippen molar-refractivity contribution in [2.24, 2.45) is 12.9 Å². The van der Waals surface area contributed by atoms with Gasteiger partial charge in [-0.25, -0.2) is 8.42 Å². The second-order valence-corrected chi connectivity index (χ2v) is 6.49. The molecule has 0 aromatic carbocycles. The Hall–Kier alpha value is -0.630. The van der Waals surface area contributed by atoms with E-state index in [9.17, 15) is 8.42 Å². The highest BCUT2D eigenvalue weighted by Crippen LogP contribution is 2.26. The molecule has 0 saturated carbocycles. The van der Waals surface area contributed by atoms with Crippen molar-refractivity contribution in [2.45, 2.75) is 18.2 Å². The zero-order valence-electron chi connectivity index (χ0n) is 9.31. The topological polar surface area (TPSA) is 90.0 Å². The highest BCUT2D eigenvalue weighted by atomic mass is 35.5. The molecule has 2 unspecified atom stereocenters. The largest absolute Gasteiger partial charge is 0.271 e. The molecule has 92 valence electrons. The Kier molecular flexibility index (Phi) is 3.95. The van der Waals surface area contributed by atoms with Crippen LogP contribution in [-0.2, 0) is 16.9 Å². The first-order valence-corrected chi connectivity index (χ1v) is 6.94. The van der Waals surface area contributed by atoms with E-state index in [1.165, 1.54) is 10.9 Å². The van der Waals surface area contributed by atoms with Crippen molar-refractivity contribution in [1.29, 1.82) is 0 Å². The molecule has 1 heterocycles. The number of halogens is 1. The second-order valence-electron chi connectivity index (χ2n) is 3.68. The molecule has 2 atom stereocenters. The van der Waals surface area contributed by atoms with Gasteiger partial charge in [0.15, 0.2) is 9.84 Å². The number of nitrogens with two attached hydrogens (primary N) is 1. The third-order valence-electron chi connectivity index (χ3n) is 2.56. The van der Waals surface area contributed by atoms with Gasteiger partial charge in [-0.2, -0.15) is 5.10 Å². The van der Waals surface area contributed by atoms with Crippen molar-refractivity contribution in [1.82, 2.24) is 15.2 Å². The lowest BCUT2D eigenvalue weighted by molar-refractivity contribution is 0.484. The Morgan fingerprint density at radius 2 is 2.19 bits per heavy atom. The zero-order chi connectivity index (χ0) is 12.5. The highest BCUT2D eigenvalue weighted by molar-refractivity contribution is 7.91. The van der Waals surface area contributed by atoms with Crippen molar-refractivity contribution in [3.63, 3.8) is 0 Å². The number of hydrogen-bond acceptors (Lipinski definition) is 5. The molecule has 1 aromatic heterocycles. The highest BCUT2D eigenvalue weighted by Gasteiger charge is 2.30. The molecular weight excluding hydrogens is 252 g/mol. The molecule has 1 aromatic rings. The van der Waals surface area contributed by atoms with Crippen molar-refractivity contribution in [2.75, 3.05) is 6.26 Å². The number of hydrazine groups is 1. The summed E-state index contributed by atoms with van der Waals surface area (Å²) >= 11 is 5.94. The number of hydrogen-bond donors (Lipinski definition) is 2. The van der Waals surface area contributed by atoms with Crippen LogP contribution in [0.15, 0.2) is 6.20 Å². The number of aryl methyl sites for hydroxylation is 1. The van der Waals surface area contributed by atoms with E-state index in [4.69, 9.17) is 17.4 Å². The summed E-state index contributed by atoms with van der Waals surface area (Å²) in [5.74, 6) is 5.39. The maximum Gasteiger partial charge on any atom is 0.152 e. The Bertz CT molecular complexity index is 451. The third-order valence-corrected chi connectivity index (χ3v) is 4.47. The van der Waals surface area contributed by atoms with Crippen LogP contribution in [0.1, 0.15) is 18.7 Å². The van der Waals surface area contributed by atoms with Crippen LogP contribution in [-0.4, -0.2) is 29.7 Å². The van der Waals surface area contributed by atoms with Crippen LogP contribution >= 0.6 is 11.6 Å². The van der Waals surface area contributed by atoms with E-state index in [-0.39, 0.29) is 0 Å². The summed E-state index contributed by atoms with van der Waals surface area (Å²) in [5, 5.41) is 3.64. The van der Waals surface area contributed by atoms with Crippen LogP contribution < -0.4 is 11.3 Å². The zero-order valence-corrected chi connectivity index (χ0v) is 10.9.